The number of likely N-dealkylation sites (N-methyl/N-ethyl adjacent to an activating group) is 1. The van der Waals surface area contributed by atoms with Gasteiger partial charge in [-0.3, -0.25) is 4.79 Å². The molecule has 0 radical (unpaired) electrons. The number of thiophene rings is 1. The Morgan fingerprint density at radius 2 is 2.25 bits per heavy atom. The molecule has 1 unspecified atom stereocenters. The zero-order valence-electron chi connectivity index (χ0n) is 11.6. The second-order valence-corrected chi connectivity index (χ2v) is 5.65. The number of hydrogen-bond donors (Lipinski definition) is 2. The third-order valence-corrected chi connectivity index (χ3v) is 4.01. The second-order valence-electron chi connectivity index (χ2n) is 4.67. The maximum Gasteiger partial charge on any atom is 0.287 e. The lowest BCUT2D eigenvalue weighted by Crippen LogP contribution is -2.34. The summed E-state index contributed by atoms with van der Waals surface area (Å²) in [6.07, 6.45) is 0. The Bertz CT molecular complexity index is 549. The third-order valence-electron chi connectivity index (χ3n) is 3.04. The van der Waals surface area contributed by atoms with Crippen LogP contribution in [0, 0.1) is 0 Å². The lowest BCUT2D eigenvalue weighted by molar-refractivity contribution is 0.0913. The lowest BCUT2D eigenvalue weighted by atomic mass is 10.2. The topological polar surface area (TPSA) is 71.5 Å². The van der Waals surface area contributed by atoms with Gasteiger partial charge in [0.1, 0.15) is 5.76 Å². The van der Waals surface area contributed by atoms with Crippen LogP contribution in [0.5, 0.6) is 0 Å². The molecule has 2 rings (SSSR count). The van der Waals surface area contributed by atoms with E-state index < -0.39 is 0 Å². The number of carbonyl (C=O) groups is 1. The molecule has 3 N–H and O–H groups in total. The van der Waals surface area contributed by atoms with Crippen LogP contribution in [0.1, 0.15) is 27.2 Å². The minimum atomic E-state index is -0.215. The Labute approximate surface area is 122 Å². The quantitative estimate of drug-likeness (QED) is 0.852. The Hall–Kier alpha value is -1.63. The van der Waals surface area contributed by atoms with Gasteiger partial charge in [-0.2, -0.15) is 0 Å². The molecule has 108 valence electrons. The van der Waals surface area contributed by atoms with Crippen LogP contribution < -0.4 is 11.1 Å². The molecule has 1 atom stereocenters. The van der Waals surface area contributed by atoms with Gasteiger partial charge in [-0.15, -0.1) is 11.3 Å². The first-order valence-electron chi connectivity index (χ1n) is 6.38. The summed E-state index contributed by atoms with van der Waals surface area (Å²) in [6, 6.07) is 7.60. The molecule has 2 heterocycles. The number of carbonyl (C=O) groups excluding carboxylic acids is 1. The highest BCUT2D eigenvalue weighted by molar-refractivity contribution is 7.10. The molecule has 0 aromatic carbocycles. The first-order valence-corrected chi connectivity index (χ1v) is 7.26. The van der Waals surface area contributed by atoms with Crippen LogP contribution in [0.15, 0.2) is 34.1 Å². The van der Waals surface area contributed by atoms with Crippen molar-refractivity contribution in [3.63, 3.8) is 0 Å². The molecule has 0 aliphatic carbocycles. The van der Waals surface area contributed by atoms with E-state index in [9.17, 15) is 4.79 Å². The van der Waals surface area contributed by atoms with Crippen LogP contribution in [0.4, 0.5) is 0 Å². The number of nitrogens with zero attached hydrogens (tertiary/aromatic N) is 1. The molecule has 2 aromatic rings. The number of nitrogens with two attached hydrogens (primary N) is 1. The van der Waals surface area contributed by atoms with Crippen molar-refractivity contribution >= 4 is 17.2 Å². The molecule has 0 aliphatic heterocycles. The highest BCUT2D eigenvalue weighted by Crippen LogP contribution is 2.22. The number of hydrogen-bond acceptors (Lipinski definition) is 5. The van der Waals surface area contributed by atoms with Crippen LogP contribution in [0.3, 0.4) is 0 Å². The van der Waals surface area contributed by atoms with E-state index in [1.54, 1.807) is 23.5 Å². The van der Waals surface area contributed by atoms with Gasteiger partial charge < -0.3 is 20.4 Å². The van der Waals surface area contributed by atoms with Crippen LogP contribution in [-0.2, 0) is 6.54 Å². The highest BCUT2D eigenvalue weighted by Gasteiger charge is 2.18. The minimum absolute atomic E-state index is 0.155. The predicted octanol–water partition coefficient (Wildman–Crippen LogP) is 1.83. The maximum absolute atomic E-state index is 12.0. The Balaban J connectivity index is 1.97. The van der Waals surface area contributed by atoms with E-state index in [1.165, 1.54) is 4.88 Å². The smallest absolute Gasteiger partial charge is 0.287 e. The molecule has 2 aromatic heterocycles. The molecule has 0 bridgehead atoms. The van der Waals surface area contributed by atoms with E-state index in [2.05, 4.69) is 16.3 Å². The first-order chi connectivity index (χ1) is 9.61. The Morgan fingerprint density at radius 3 is 2.80 bits per heavy atom. The van der Waals surface area contributed by atoms with Gasteiger partial charge in [0.05, 0.1) is 12.6 Å². The fourth-order valence-corrected chi connectivity index (χ4v) is 2.83. The predicted molar refractivity (Wildman–Crippen MR) is 79.7 cm³/mol. The fraction of sp³-hybridized carbons (Fsp3) is 0.357. The van der Waals surface area contributed by atoms with Crippen molar-refractivity contribution in [2.45, 2.75) is 12.6 Å². The standard InChI is InChI=1S/C14H19N3O2S/c1-17(2)11(13-4-3-7-20-13)9-16-14(18)12-6-5-10(8-15)19-12/h3-7,11H,8-9,15H2,1-2H3,(H,16,18). The lowest BCUT2D eigenvalue weighted by Gasteiger charge is -2.23. The van der Waals surface area contributed by atoms with E-state index in [0.717, 1.165) is 0 Å². The van der Waals surface area contributed by atoms with Gasteiger partial charge in [-0.25, -0.2) is 0 Å². The molecule has 0 saturated heterocycles. The SMILES string of the molecule is CN(C)C(CNC(=O)c1ccc(CN)o1)c1cccs1. The Morgan fingerprint density at radius 1 is 1.45 bits per heavy atom. The van der Waals surface area contributed by atoms with Crippen molar-refractivity contribution in [3.8, 4) is 0 Å². The number of nitrogens with one attached hydrogen (secondary N) is 1. The molecule has 0 saturated carbocycles. The number of furan rings is 1. The van der Waals surface area contributed by atoms with Crippen molar-refractivity contribution < 1.29 is 9.21 Å². The van der Waals surface area contributed by atoms with Crippen LogP contribution >= 0.6 is 11.3 Å². The highest BCUT2D eigenvalue weighted by atomic mass is 32.1. The molecular formula is C14H19N3O2S. The summed E-state index contributed by atoms with van der Waals surface area (Å²) in [5, 5.41) is 4.93. The summed E-state index contributed by atoms with van der Waals surface area (Å²) in [4.78, 5) is 15.3. The molecule has 20 heavy (non-hydrogen) atoms. The average molecular weight is 293 g/mol. The fourth-order valence-electron chi connectivity index (χ4n) is 1.90. The second kappa shape index (κ2) is 6.69. The van der Waals surface area contributed by atoms with Crippen molar-refractivity contribution in [2.75, 3.05) is 20.6 Å². The summed E-state index contributed by atoms with van der Waals surface area (Å²) in [6.45, 7) is 0.827. The van der Waals surface area contributed by atoms with Gasteiger partial charge in [0.15, 0.2) is 5.76 Å². The molecule has 0 aliphatic rings. The van der Waals surface area contributed by atoms with E-state index in [1.807, 2.05) is 25.5 Å². The largest absolute Gasteiger partial charge is 0.455 e. The van der Waals surface area contributed by atoms with Crippen LogP contribution in [-0.4, -0.2) is 31.4 Å². The molecule has 5 nitrogen and oxygen atoms in total. The normalized spacial score (nSPS) is 12.6. The van der Waals surface area contributed by atoms with Gasteiger partial charge in [0, 0.05) is 11.4 Å². The van der Waals surface area contributed by atoms with Crippen LogP contribution in [0.25, 0.3) is 0 Å². The maximum atomic E-state index is 12.0. The molecule has 6 heteroatoms. The van der Waals surface area contributed by atoms with Gasteiger partial charge in [0.25, 0.3) is 5.91 Å². The van der Waals surface area contributed by atoms with Crippen molar-refractivity contribution in [2.24, 2.45) is 5.73 Å². The van der Waals surface area contributed by atoms with Crippen LogP contribution in [0.2, 0.25) is 0 Å². The monoisotopic (exact) mass is 293 g/mol. The van der Waals surface area contributed by atoms with E-state index >= 15 is 0 Å². The zero-order chi connectivity index (χ0) is 14.5. The summed E-state index contributed by atoms with van der Waals surface area (Å²) < 4.78 is 5.33. The third kappa shape index (κ3) is 3.47. The average Bonchev–Trinajstić information content (AvgIpc) is 3.09. The molecule has 0 fully saturated rings. The summed E-state index contributed by atoms with van der Waals surface area (Å²) in [5.41, 5.74) is 5.46. The Kier molecular flexibility index (Phi) is 4.94. The van der Waals surface area contributed by atoms with Gasteiger partial charge in [-0.1, -0.05) is 6.07 Å². The molecular weight excluding hydrogens is 274 g/mol. The minimum Gasteiger partial charge on any atom is -0.455 e. The number of amides is 1. The number of rotatable bonds is 6. The summed E-state index contributed by atoms with van der Waals surface area (Å²) >= 11 is 1.68. The molecule has 0 spiro atoms. The van der Waals surface area contributed by atoms with Crippen molar-refractivity contribution in [1.82, 2.24) is 10.2 Å². The van der Waals surface area contributed by atoms with E-state index in [4.69, 9.17) is 10.2 Å². The first kappa shape index (κ1) is 14.8. The summed E-state index contributed by atoms with van der Waals surface area (Å²) in [7, 11) is 3.99. The van der Waals surface area contributed by atoms with Gasteiger partial charge in [0.2, 0.25) is 0 Å². The van der Waals surface area contributed by atoms with E-state index in [0.29, 0.717) is 24.6 Å². The van der Waals surface area contributed by atoms with Crippen molar-refractivity contribution in [1.29, 1.82) is 0 Å². The van der Waals surface area contributed by atoms with Gasteiger partial charge in [-0.05, 0) is 37.7 Å². The van der Waals surface area contributed by atoms with Gasteiger partial charge >= 0.3 is 0 Å². The molecule has 1 amide bonds. The summed E-state index contributed by atoms with van der Waals surface area (Å²) in [5.74, 6) is 0.694. The van der Waals surface area contributed by atoms with Crippen molar-refractivity contribution in [3.05, 3.63) is 46.0 Å². The van der Waals surface area contributed by atoms with E-state index in [-0.39, 0.29) is 11.9 Å². The zero-order valence-corrected chi connectivity index (χ0v) is 12.4.